The van der Waals surface area contributed by atoms with Gasteiger partial charge in [0.2, 0.25) is 0 Å². The van der Waals surface area contributed by atoms with Crippen molar-refractivity contribution in [2.45, 2.75) is 6.92 Å². The summed E-state index contributed by atoms with van der Waals surface area (Å²) in [4.78, 5) is 9.04. The van der Waals surface area contributed by atoms with Gasteiger partial charge in [-0.3, -0.25) is 9.38 Å². The normalized spacial score (nSPS) is 11.2. The van der Waals surface area contributed by atoms with Crippen molar-refractivity contribution in [3.63, 3.8) is 0 Å². The van der Waals surface area contributed by atoms with Gasteiger partial charge in [0, 0.05) is 11.8 Å². The van der Waals surface area contributed by atoms with Crippen LogP contribution in [0.25, 0.3) is 28.1 Å². The Morgan fingerprint density at radius 3 is 2.75 bits per heavy atom. The Kier molecular flexibility index (Phi) is 2.26. The lowest BCUT2D eigenvalue weighted by molar-refractivity contribution is 1.09. The fourth-order valence-corrected chi connectivity index (χ4v) is 2.29. The van der Waals surface area contributed by atoms with Crippen molar-refractivity contribution >= 4 is 16.7 Å². The van der Waals surface area contributed by atoms with Gasteiger partial charge in [-0.05, 0) is 19.1 Å². The summed E-state index contributed by atoms with van der Waals surface area (Å²) in [6.07, 6.45) is 3.41. The van der Waals surface area contributed by atoms with Crippen molar-refractivity contribution in [2.75, 3.05) is 0 Å². The van der Waals surface area contributed by atoms with Crippen molar-refractivity contribution in [2.24, 2.45) is 0 Å². The number of pyridine rings is 1. The van der Waals surface area contributed by atoms with E-state index in [2.05, 4.69) is 46.4 Å². The minimum Gasteiger partial charge on any atom is -0.263 e. The van der Waals surface area contributed by atoms with Crippen LogP contribution in [0.4, 0.5) is 0 Å². The fraction of sp³-hybridized carbons (Fsp3) is 0.0667. The molecule has 0 amide bonds. The van der Waals surface area contributed by atoms with Gasteiger partial charge in [-0.1, -0.05) is 29.8 Å². The maximum absolute atomic E-state index is 4.70. The number of hydrogen-bond donors (Lipinski definition) is 0. The van der Waals surface area contributed by atoms with Crippen LogP contribution >= 0.6 is 0 Å². The summed E-state index contributed by atoms with van der Waals surface area (Å²) in [5.74, 6) is 0.825. The molecular formula is C15H11N5. The van der Waals surface area contributed by atoms with E-state index in [1.54, 1.807) is 12.5 Å². The first-order valence-electron chi connectivity index (χ1n) is 6.34. The number of rotatable bonds is 1. The molecule has 0 spiro atoms. The van der Waals surface area contributed by atoms with Crippen molar-refractivity contribution in [1.82, 2.24) is 24.6 Å². The first-order chi connectivity index (χ1) is 9.83. The third-order valence-corrected chi connectivity index (χ3v) is 3.31. The number of hydrogen-bond acceptors (Lipinski definition) is 4. The zero-order valence-corrected chi connectivity index (χ0v) is 10.9. The minimum atomic E-state index is 0.728. The summed E-state index contributed by atoms with van der Waals surface area (Å²) in [6, 6.07) is 12.1. The van der Waals surface area contributed by atoms with Gasteiger partial charge in [-0.2, -0.15) is 0 Å². The first kappa shape index (κ1) is 11.0. The predicted molar refractivity (Wildman–Crippen MR) is 76.3 cm³/mol. The van der Waals surface area contributed by atoms with Gasteiger partial charge < -0.3 is 0 Å². The molecule has 0 aliphatic carbocycles. The Labute approximate surface area is 115 Å². The van der Waals surface area contributed by atoms with E-state index in [4.69, 9.17) is 4.98 Å². The fourth-order valence-electron chi connectivity index (χ4n) is 2.29. The minimum absolute atomic E-state index is 0.728. The highest BCUT2D eigenvalue weighted by Crippen LogP contribution is 2.23. The molecule has 0 aliphatic rings. The lowest BCUT2D eigenvalue weighted by Crippen LogP contribution is -1.98. The molecule has 5 nitrogen and oxygen atoms in total. The van der Waals surface area contributed by atoms with E-state index in [-0.39, 0.29) is 0 Å². The van der Waals surface area contributed by atoms with Crippen molar-refractivity contribution in [1.29, 1.82) is 0 Å². The first-order valence-corrected chi connectivity index (χ1v) is 6.34. The molecule has 1 aromatic carbocycles. The van der Waals surface area contributed by atoms with Gasteiger partial charge >= 0.3 is 0 Å². The molecule has 4 aromatic rings. The highest BCUT2D eigenvalue weighted by atomic mass is 15.2. The zero-order valence-electron chi connectivity index (χ0n) is 10.9. The molecule has 0 fully saturated rings. The lowest BCUT2D eigenvalue weighted by atomic mass is 10.1. The molecule has 96 valence electrons. The van der Waals surface area contributed by atoms with E-state index in [1.165, 1.54) is 5.56 Å². The highest BCUT2D eigenvalue weighted by Gasteiger charge is 2.11. The molecule has 0 unspecified atom stereocenters. The number of nitrogens with zero attached hydrogens (tertiary/aromatic N) is 5. The second-order valence-electron chi connectivity index (χ2n) is 4.70. The van der Waals surface area contributed by atoms with E-state index >= 15 is 0 Å². The van der Waals surface area contributed by atoms with Gasteiger partial charge in [0.15, 0.2) is 5.65 Å². The third-order valence-electron chi connectivity index (χ3n) is 3.31. The molecule has 0 saturated carbocycles. The molecule has 0 bridgehead atoms. The van der Waals surface area contributed by atoms with Crippen LogP contribution in [0.2, 0.25) is 0 Å². The van der Waals surface area contributed by atoms with Crippen molar-refractivity contribution in [3.05, 3.63) is 54.5 Å². The largest absolute Gasteiger partial charge is 0.263 e. The van der Waals surface area contributed by atoms with Crippen molar-refractivity contribution in [3.8, 4) is 11.4 Å². The Hall–Kier alpha value is -2.82. The summed E-state index contributed by atoms with van der Waals surface area (Å²) < 4.78 is 1.88. The average Bonchev–Trinajstić information content (AvgIpc) is 2.97. The van der Waals surface area contributed by atoms with E-state index in [9.17, 15) is 0 Å². The molecule has 0 saturated heterocycles. The van der Waals surface area contributed by atoms with Crippen LogP contribution in [-0.2, 0) is 0 Å². The van der Waals surface area contributed by atoms with E-state index < -0.39 is 0 Å². The van der Waals surface area contributed by atoms with Crippen LogP contribution < -0.4 is 0 Å². The van der Waals surface area contributed by atoms with Gasteiger partial charge in [-0.25, -0.2) is 4.98 Å². The Morgan fingerprint density at radius 2 is 1.90 bits per heavy atom. The monoisotopic (exact) mass is 261 g/mol. The van der Waals surface area contributed by atoms with Crippen LogP contribution in [-0.4, -0.2) is 24.6 Å². The lowest BCUT2D eigenvalue weighted by Gasteiger charge is -2.06. The molecule has 5 heteroatoms. The van der Waals surface area contributed by atoms with Gasteiger partial charge in [-0.15, -0.1) is 10.2 Å². The van der Waals surface area contributed by atoms with Gasteiger partial charge in [0.05, 0.1) is 5.52 Å². The molecule has 0 aliphatic heterocycles. The van der Waals surface area contributed by atoms with Crippen LogP contribution in [0.1, 0.15) is 5.56 Å². The highest BCUT2D eigenvalue weighted by molar-refractivity contribution is 5.89. The molecular weight excluding hydrogens is 250 g/mol. The van der Waals surface area contributed by atoms with Gasteiger partial charge in [0.25, 0.3) is 0 Å². The van der Waals surface area contributed by atoms with Crippen LogP contribution in [0.3, 0.4) is 0 Å². The SMILES string of the molecule is Cc1ccc(-c2nc3cccnc3c3nncn23)cc1. The average molecular weight is 261 g/mol. The summed E-state index contributed by atoms with van der Waals surface area (Å²) in [6.45, 7) is 2.07. The van der Waals surface area contributed by atoms with E-state index in [1.807, 2.05) is 16.5 Å². The summed E-state index contributed by atoms with van der Waals surface area (Å²) >= 11 is 0. The molecule has 0 N–H and O–H groups in total. The summed E-state index contributed by atoms with van der Waals surface area (Å²) in [5.41, 5.74) is 4.57. The van der Waals surface area contributed by atoms with Crippen LogP contribution in [0.15, 0.2) is 48.9 Å². The molecule has 20 heavy (non-hydrogen) atoms. The van der Waals surface area contributed by atoms with E-state index in [0.717, 1.165) is 28.1 Å². The second kappa shape index (κ2) is 4.09. The number of aryl methyl sites for hydroxylation is 1. The number of aromatic nitrogens is 5. The quantitative estimate of drug-likeness (QED) is 0.528. The Morgan fingerprint density at radius 1 is 1.05 bits per heavy atom. The summed E-state index contributed by atoms with van der Waals surface area (Å²) in [7, 11) is 0. The maximum atomic E-state index is 4.70. The number of fused-ring (bicyclic) bond motifs is 3. The second-order valence-corrected chi connectivity index (χ2v) is 4.70. The maximum Gasteiger partial charge on any atom is 0.190 e. The topological polar surface area (TPSA) is 56.0 Å². The van der Waals surface area contributed by atoms with Crippen LogP contribution in [0, 0.1) is 6.92 Å². The van der Waals surface area contributed by atoms with Crippen molar-refractivity contribution < 1.29 is 0 Å². The van der Waals surface area contributed by atoms with Gasteiger partial charge in [0.1, 0.15) is 17.7 Å². The Balaban J connectivity index is 2.11. The smallest absolute Gasteiger partial charge is 0.190 e. The molecule has 0 radical (unpaired) electrons. The zero-order chi connectivity index (χ0) is 13.5. The molecule has 4 rings (SSSR count). The van der Waals surface area contributed by atoms with Crippen LogP contribution in [0.5, 0.6) is 0 Å². The predicted octanol–water partition coefficient (Wildman–Crippen LogP) is 2.65. The summed E-state index contributed by atoms with van der Waals surface area (Å²) in [5, 5.41) is 8.15. The third kappa shape index (κ3) is 1.56. The number of benzene rings is 1. The standard InChI is InChI=1S/C15H11N5/c1-10-4-6-11(7-5-10)14-18-12-3-2-8-16-13(12)15-19-17-9-20(14)15/h2-9H,1H3. The molecule has 3 heterocycles. The molecule has 0 atom stereocenters. The Bertz CT molecular complexity index is 909. The molecule has 3 aromatic heterocycles. The van der Waals surface area contributed by atoms with E-state index in [0.29, 0.717) is 0 Å².